The van der Waals surface area contributed by atoms with E-state index in [0.29, 0.717) is 12.2 Å². The smallest absolute Gasteiger partial charge is 0.248 e. The molecule has 3 rings (SSSR count). The highest BCUT2D eigenvalue weighted by molar-refractivity contribution is 5.93. The molecule has 0 radical (unpaired) electrons. The number of primary amides is 1. The molecule has 2 unspecified atom stereocenters. The van der Waals surface area contributed by atoms with Crippen molar-refractivity contribution in [3.8, 4) is 5.75 Å². The van der Waals surface area contributed by atoms with Crippen LogP contribution in [0.2, 0.25) is 0 Å². The second-order valence-corrected chi connectivity index (χ2v) is 6.85. The third-order valence-corrected chi connectivity index (χ3v) is 5.35. The summed E-state index contributed by atoms with van der Waals surface area (Å²) in [7, 11) is 0. The minimum atomic E-state index is -0.426. The fourth-order valence-electron chi connectivity index (χ4n) is 3.85. The molecule has 0 aliphatic carbocycles. The number of nitrogens with one attached hydrogen (secondary N) is 1. The molecular formula is C22H29N3O2. The van der Waals surface area contributed by atoms with Crippen molar-refractivity contribution in [1.82, 2.24) is 10.2 Å². The molecule has 1 aliphatic heterocycles. The fraction of sp³-hybridized carbons (Fsp3) is 0.409. The summed E-state index contributed by atoms with van der Waals surface area (Å²) in [5, 5.41) is 3.82. The highest BCUT2D eigenvalue weighted by atomic mass is 16.5. The summed E-state index contributed by atoms with van der Waals surface area (Å²) in [6.45, 7) is 9.01. The SMILES string of the molecule is CCC(NC1c2ccccc2COc2ccc(C(N)=O)cc21)N(CC)CC. The Labute approximate surface area is 161 Å². The molecule has 144 valence electrons. The number of hydrogen-bond acceptors (Lipinski definition) is 4. The van der Waals surface area contributed by atoms with Gasteiger partial charge < -0.3 is 10.5 Å². The summed E-state index contributed by atoms with van der Waals surface area (Å²) >= 11 is 0. The van der Waals surface area contributed by atoms with Crippen LogP contribution in [-0.4, -0.2) is 30.1 Å². The summed E-state index contributed by atoms with van der Waals surface area (Å²) < 4.78 is 6.06. The lowest BCUT2D eigenvalue weighted by molar-refractivity contribution is 0.1000. The van der Waals surface area contributed by atoms with Crippen molar-refractivity contribution >= 4 is 5.91 Å². The van der Waals surface area contributed by atoms with Gasteiger partial charge in [-0.25, -0.2) is 0 Å². The minimum absolute atomic E-state index is 0.0662. The third kappa shape index (κ3) is 3.99. The number of carbonyl (C=O) groups is 1. The van der Waals surface area contributed by atoms with Gasteiger partial charge in [-0.05, 0) is 48.8 Å². The van der Waals surface area contributed by atoms with Crippen LogP contribution >= 0.6 is 0 Å². The van der Waals surface area contributed by atoms with Crippen molar-refractivity contribution in [2.45, 2.75) is 46.0 Å². The van der Waals surface area contributed by atoms with Crippen molar-refractivity contribution in [2.24, 2.45) is 5.73 Å². The molecule has 3 N–H and O–H groups in total. The standard InChI is InChI=1S/C22H29N3O2/c1-4-20(25(5-2)6-3)24-21-17-10-8-7-9-16(17)14-27-19-12-11-15(22(23)26)13-18(19)21/h7-13,20-21,24H,4-6,14H2,1-3H3,(H2,23,26). The van der Waals surface area contributed by atoms with E-state index in [0.717, 1.165) is 36.4 Å². The average Bonchev–Trinajstić information content (AvgIpc) is 2.84. The van der Waals surface area contributed by atoms with Crippen LogP contribution < -0.4 is 15.8 Å². The second-order valence-electron chi connectivity index (χ2n) is 6.85. The van der Waals surface area contributed by atoms with Gasteiger partial charge in [-0.1, -0.05) is 45.0 Å². The fourth-order valence-corrected chi connectivity index (χ4v) is 3.85. The normalized spacial score (nSPS) is 16.8. The van der Waals surface area contributed by atoms with E-state index in [1.54, 1.807) is 6.07 Å². The van der Waals surface area contributed by atoms with E-state index in [4.69, 9.17) is 10.5 Å². The van der Waals surface area contributed by atoms with Gasteiger partial charge in [0.25, 0.3) is 0 Å². The number of nitrogens with two attached hydrogens (primary N) is 1. The molecule has 0 aromatic heterocycles. The molecule has 0 spiro atoms. The van der Waals surface area contributed by atoms with Crippen LogP contribution in [0, 0.1) is 0 Å². The van der Waals surface area contributed by atoms with E-state index in [1.165, 1.54) is 5.56 Å². The van der Waals surface area contributed by atoms with Gasteiger partial charge in [0.2, 0.25) is 5.91 Å². The van der Waals surface area contributed by atoms with E-state index < -0.39 is 5.91 Å². The van der Waals surface area contributed by atoms with Gasteiger partial charge in [0.05, 0.1) is 12.2 Å². The lowest BCUT2D eigenvalue weighted by Crippen LogP contribution is -2.46. The molecule has 2 aromatic rings. The molecule has 0 saturated heterocycles. The topological polar surface area (TPSA) is 67.6 Å². The van der Waals surface area contributed by atoms with E-state index in [1.807, 2.05) is 18.2 Å². The van der Waals surface area contributed by atoms with E-state index >= 15 is 0 Å². The van der Waals surface area contributed by atoms with Crippen LogP contribution in [0.15, 0.2) is 42.5 Å². The van der Waals surface area contributed by atoms with Crippen LogP contribution in [0.5, 0.6) is 5.75 Å². The Morgan fingerprint density at radius 1 is 1.19 bits per heavy atom. The summed E-state index contributed by atoms with van der Waals surface area (Å²) in [4.78, 5) is 14.2. The zero-order chi connectivity index (χ0) is 19.4. The monoisotopic (exact) mass is 367 g/mol. The van der Waals surface area contributed by atoms with E-state index in [9.17, 15) is 4.79 Å². The maximum absolute atomic E-state index is 11.8. The number of carbonyl (C=O) groups excluding carboxylic acids is 1. The number of amides is 1. The Kier molecular flexibility index (Phi) is 6.14. The first-order valence-electron chi connectivity index (χ1n) is 9.73. The van der Waals surface area contributed by atoms with Crippen molar-refractivity contribution in [1.29, 1.82) is 0 Å². The van der Waals surface area contributed by atoms with Crippen LogP contribution in [-0.2, 0) is 6.61 Å². The third-order valence-electron chi connectivity index (χ3n) is 5.35. The van der Waals surface area contributed by atoms with Gasteiger partial charge in [0.15, 0.2) is 0 Å². The van der Waals surface area contributed by atoms with Gasteiger partial charge in [0.1, 0.15) is 12.4 Å². The Morgan fingerprint density at radius 3 is 2.59 bits per heavy atom. The van der Waals surface area contributed by atoms with Gasteiger partial charge in [-0.15, -0.1) is 0 Å². The Balaban J connectivity index is 2.09. The average molecular weight is 367 g/mol. The first-order chi connectivity index (χ1) is 13.1. The van der Waals surface area contributed by atoms with Crippen LogP contribution in [0.1, 0.15) is 60.3 Å². The Morgan fingerprint density at radius 2 is 1.93 bits per heavy atom. The lowest BCUT2D eigenvalue weighted by atomic mass is 9.93. The molecular weight excluding hydrogens is 338 g/mol. The van der Waals surface area contributed by atoms with Gasteiger partial charge >= 0.3 is 0 Å². The highest BCUT2D eigenvalue weighted by Gasteiger charge is 2.28. The lowest BCUT2D eigenvalue weighted by Gasteiger charge is -2.34. The zero-order valence-corrected chi connectivity index (χ0v) is 16.4. The largest absolute Gasteiger partial charge is 0.489 e. The van der Waals surface area contributed by atoms with Crippen molar-refractivity contribution in [3.05, 3.63) is 64.7 Å². The Hall–Kier alpha value is -2.37. The first-order valence-corrected chi connectivity index (χ1v) is 9.73. The first kappa shape index (κ1) is 19.4. The van der Waals surface area contributed by atoms with Crippen LogP contribution in [0.3, 0.4) is 0 Å². The number of hydrogen-bond donors (Lipinski definition) is 2. The highest BCUT2D eigenvalue weighted by Crippen LogP contribution is 2.37. The molecule has 5 nitrogen and oxygen atoms in total. The molecule has 0 saturated carbocycles. The van der Waals surface area contributed by atoms with E-state index in [2.05, 4.69) is 49.2 Å². The molecule has 0 bridgehead atoms. The van der Waals surface area contributed by atoms with Gasteiger partial charge in [0, 0.05) is 11.1 Å². The maximum atomic E-state index is 11.8. The summed E-state index contributed by atoms with van der Waals surface area (Å²) in [6.07, 6.45) is 1.20. The molecule has 1 heterocycles. The molecule has 0 fully saturated rings. The van der Waals surface area contributed by atoms with Crippen molar-refractivity contribution in [3.63, 3.8) is 0 Å². The number of benzene rings is 2. The predicted octanol–water partition coefficient (Wildman–Crippen LogP) is 3.43. The minimum Gasteiger partial charge on any atom is -0.489 e. The molecule has 5 heteroatoms. The van der Waals surface area contributed by atoms with Gasteiger partial charge in [-0.2, -0.15) is 0 Å². The molecule has 2 aromatic carbocycles. The van der Waals surface area contributed by atoms with E-state index in [-0.39, 0.29) is 12.2 Å². The molecule has 1 amide bonds. The maximum Gasteiger partial charge on any atom is 0.248 e. The number of fused-ring (bicyclic) bond motifs is 2. The Bertz CT molecular complexity index is 802. The second kappa shape index (κ2) is 8.55. The summed E-state index contributed by atoms with van der Waals surface area (Å²) in [5.74, 6) is 0.368. The van der Waals surface area contributed by atoms with Gasteiger partial charge in [-0.3, -0.25) is 15.0 Å². The zero-order valence-electron chi connectivity index (χ0n) is 16.4. The predicted molar refractivity (Wildman–Crippen MR) is 108 cm³/mol. The number of nitrogens with zero attached hydrogens (tertiary/aromatic N) is 1. The van der Waals surface area contributed by atoms with Crippen LogP contribution in [0.4, 0.5) is 0 Å². The van der Waals surface area contributed by atoms with Crippen molar-refractivity contribution in [2.75, 3.05) is 13.1 Å². The van der Waals surface area contributed by atoms with Crippen LogP contribution in [0.25, 0.3) is 0 Å². The quantitative estimate of drug-likeness (QED) is 0.736. The molecule has 2 atom stereocenters. The molecule has 27 heavy (non-hydrogen) atoms. The molecule has 1 aliphatic rings. The number of ether oxygens (including phenoxy) is 1. The van der Waals surface area contributed by atoms with Crippen molar-refractivity contribution < 1.29 is 9.53 Å². The summed E-state index contributed by atoms with van der Waals surface area (Å²) in [5.41, 5.74) is 9.33. The number of rotatable bonds is 7. The summed E-state index contributed by atoms with van der Waals surface area (Å²) in [6, 6.07) is 13.7.